The summed E-state index contributed by atoms with van der Waals surface area (Å²) in [5, 5.41) is 20.7. The molecule has 1 fully saturated rings. The Morgan fingerprint density at radius 2 is 1.92 bits per heavy atom. The van der Waals surface area contributed by atoms with E-state index in [-0.39, 0.29) is 6.42 Å². The molecule has 0 aliphatic heterocycles. The minimum absolute atomic E-state index is 0.0275. The fraction of sp³-hybridized carbons (Fsp3) is 0.667. The van der Waals surface area contributed by atoms with Crippen molar-refractivity contribution in [1.29, 1.82) is 0 Å². The Hall–Kier alpha value is -1.04. The van der Waals surface area contributed by atoms with Crippen LogP contribution in [0.5, 0.6) is 0 Å². The maximum Gasteiger partial charge on any atom is 0.307 e. The minimum atomic E-state index is -0.827. The van der Waals surface area contributed by atoms with Crippen molar-refractivity contribution in [2.75, 3.05) is 6.54 Å². The van der Waals surface area contributed by atoms with Gasteiger partial charge in [0, 0.05) is 11.8 Å². The topological polar surface area (TPSA) is 69.6 Å². The third-order valence-electron chi connectivity index (χ3n) is 5.47. The molecule has 3 N–H and O–H groups in total. The van der Waals surface area contributed by atoms with Crippen molar-refractivity contribution in [3.63, 3.8) is 0 Å². The van der Waals surface area contributed by atoms with E-state index in [0.29, 0.717) is 17.1 Å². The van der Waals surface area contributed by atoms with Crippen molar-refractivity contribution in [2.45, 2.75) is 70.1 Å². The van der Waals surface area contributed by atoms with Gasteiger partial charge in [0.15, 0.2) is 0 Å². The molecule has 1 aliphatic rings. The first kappa shape index (κ1) is 21.3. The lowest BCUT2D eigenvalue weighted by molar-refractivity contribution is -0.136. The number of carboxylic acid groups (broad SMARTS) is 1. The highest BCUT2D eigenvalue weighted by atomic mass is 32.2. The van der Waals surface area contributed by atoms with Crippen molar-refractivity contribution in [1.82, 2.24) is 4.72 Å². The Kier molecular flexibility index (Phi) is 7.99. The molecule has 0 amide bonds. The summed E-state index contributed by atoms with van der Waals surface area (Å²) in [7, 11) is 0. The molecule has 3 unspecified atom stereocenters. The van der Waals surface area contributed by atoms with Crippen LogP contribution in [0, 0.1) is 11.8 Å². The van der Waals surface area contributed by atoms with Gasteiger partial charge in [-0.25, -0.2) is 0 Å². The summed E-state index contributed by atoms with van der Waals surface area (Å²) in [6, 6.07) is 7.48. The lowest BCUT2D eigenvalue weighted by Crippen LogP contribution is -2.26. The van der Waals surface area contributed by atoms with Crippen molar-refractivity contribution >= 4 is 17.9 Å². The van der Waals surface area contributed by atoms with Gasteiger partial charge in [-0.3, -0.25) is 9.52 Å². The molecule has 1 aromatic carbocycles. The van der Waals surface area contributed by atoms with Crippen molar-refractivity contribution in [3.8, 4) is 0 Å². The molecule has 5 heteroatoms. The fourth-order valence-corrected chi connectivity index (χ4v) is 4.52. The van der Waals surface area contributed by atoms with E-state index in [1.54, 1.807) is 11.9 Å². The van der Waals surface area contributed by atoms with Gasteiger partial charge in [-0.15, -0.1) is 0 Å². The van der Waals surface area contributed by atoms with Crippen LogP contribution in [0.2, 0.25) is 0 Å². The number of aliphatic hydroxyl groups is 1. The molecule has 1 aromatic rings. The first-order valence-corrected chi connectivity index (χ1v) is 10.6. The molecule has 3 atom stereocenters. The Labute approximate surface area is 161 Å². The molecule has 0 radical (unpaired) electrons. The van der Waals surface area contributed by atoms with Crippen molar-refractivity contribution in [2.24, 2.45) is 11.8 Å². The zero-order valence-corrected chi connectivity index (χ0v) is 17.0. The van der Waals surface area contributed by atoms with E-state index >= 15 is 0 Å². The number of carbonyl (C=O) groups is 1. The standard InChI is InChI=1S/C21H33NO3S/c1-15(2)26-22-14-16(3)18-5-4-11-21(25,12-10-18)19-8-6-17(7-9-19)13-20(23)24/h6-9,15-16,18,22,25H,4-5,10-14H2,1-3H3,(H,23,24). The summed E-state index contributed by atoms with van der Waals surface area (Å²) in [6.07, 6.45) is 4.80. The van der Waals surface area contributed by atoms with E-state index in [0.717, 1.165) is 49.8 Å². The van der Waals surface area contributed by atoms with Gasteiger partial charge >= 0.3 is 5.97 Å². The zero-order valence-electron chi connectivity index (χ0n) is 16.2. The predicted molar refractivity (Wildman–Crippen MR) is 108 cm³/mol. The number of aliphatic carboxylic acids is 1. The molecular formula is C21H33NO3S. The fourth-order valence-electron chi connectivity index (χ4n) is 3.83. The van der Waals surface area contributed by atoms with Crippen LogP contribution in [0.25, 0.3) is 0 Å². The van der Waals surface area contributed by atoms with Crippen LogP contribution in [0.3, 0.4) is 0 Å². The summed E-state index contributed by atoms with van der Waals surface area (Å²) < 4.78 is 3.48. The number of nitrogens with one attached hydrogen (secondary N) is 1. The maximum atomic E-state index is 11.2. The predicted octanol–water partition coefficient (Wildman–Crippen LogP) is 4.36. The molecule has 0 saturated heterocycles. The normalized spacial score (nSPS) is 25.0. The van der Waals surface area contributed by atoms with Crippen LogP contribution in [-0.2, 0) is 16.8 Å². The van der Waals surface area contributed by atoms with Crippen LogP contribution in [0.4, 0.5) is 0 Å². The zero-order chi connectivity index (χ0) is 19.2. The van der Waals surface area contributed by atoms with Crippen LogP contribution >= 0.6 is 11.9 Å². The minimum Gasteiger partial charge on any atom is -0.481 e. The molecule has 0 spiro atoms. The summed E-state index contributed by atoms with van der Waals surface area (Å²) >= 11 is 1.79. The van der Waals surface area contributed by atoms with Gasteiger partial charge in [-0.2, -0.15) is 0 Å². The quantitative estimate of drug-likeness (QED) is 0.462. The van der Waals surface area contributed by atoms with E-state index in [1.165, 1.54) is 0 Å². The monoisotopic (exact) mass is 379 g/mol. The Morgan fingerprint density at radius 3 is 2.54 bits per heavy atom. The van der Waals surface area contributed by atoms with Crippen LogP contribution in [0.1, 0.15) is 64.0 Å². The highest BCUT2D eigenvalue weighted by molar-refractivity contribution is 7.97. The van der Waals surface area contributed by atoms with Gasteiger partial charge in [0.25, 0.3) is 0 Å². The Morgan fingerprint density at radius 1 is 1.23 bits per heavy atom. The summed E-state index contributed by atoms with van der Waals surface area (Å²) in [5.41, 5.74) is 0.920. The van der Waals surface area contributed by atoms with E-state index in [4.69, 9.17) is 5.11 Å². The van der Waals surface area contributed by atoms with Crippen LogP contribution < -0.4 is 4.72 Å². The second kappa shape index (κ2) is 9.77. The summed E-state index contributed by atoms with van der Waals surface area (Å²) in [6.45, 7) is 7.70. The van der Waals surface area contributed by atoms with Crippen molar-refractivity contribution < 1.29 is 15.0 Å². The third-order valence-corrected chi connectivity index (χ3v) is 6.27. The molecule has 0 bridgehead atoms. The second-order valence-corrected chi connectivity index (χ2v) is 9.45. The van der Waals surface area contributed by atoms with Crippen LogP contribution in [-0.4, -0.2) is 28.0 Å². The van der Waals surface area contributed by atoms with Gasteiger partial charge in [0.05, 0.1) is 12.0 Å². The molecule has 0 heterocycles. The number of rotatable bonds is 8. The van der Waals surface area contributed by atoms with Gasteiger partial charge in [-0.1, -0.05) is 63.4 Å². The van der Waals surface area contributed by atoms with E-state index in [9.17, 15) is 9.90 Å². The highest BCUT2D eigenvalue weighted by Gasteiger charge is 2.33. The molecule has 146 valence electrons. The number of benzene rings is 1. The largest absolute Gasteiger partial charge is 0.481 e. The first-order valence-electron chi connectivity index (χ1n) is 9.72. The average Bonchev–Trinajstić information content (AvgIpc) is 2.77. The van der Waals surface area contributed by atoms with E-state index < -0.39 is 11.6 Å². The van der Waals surface area contributed by atoms with Crippen molar-refractivity contribution in [3.05, 3.63) is 35.4 Å². The summed E-state index contributed by atoms with van der Waals surface area (Å²) in [4.78, 5) is 10.8. The smallest absolute Gasteiger partial charge is 0.307 e. The molecule has 0 aromatic heterocycles. The molecule has 1 saturated carbocycles. The summed E-state index contributed by atoms with van der Waals surface area (Å²) in [5.74, 6) is 0.407. The lowest BCUT2D eigenvalue weighted by Gasteiger charge is -2.28. The van der Waals surface area contributed by atoms with Gasteiger partial charge in [0.1, 0.15) is 0 Å². The molecule has 1 aliphatic carbocycles. The number of carboxylic acids is 1. The molecular weight excluding hydrogens is 346 g/mol. The molecule has 2 rings (SSSR count). The second-order valence-electron chi connectivity index (χ2n) is 7.98. The van der Waals surface area contributed by atoms with E-state index in [2.05, 4.69) is 25.5 Å². The third kappa shape index (κ3) is 6.29. The van der Waals surface area contributed by atoms with Gasteiger partial charge < -0.3 is 10.2 Å². The van der Waals surface area contributed by atoms with Crippen LogP contribution in [0.15, 0.2) is 24.3 Å². The first-order chi connectivity index (χ1) is 12.3. The average molecular weight is 380 g/mol. The van der Waals surface area contributed by atoms with E-state index in [1.807, 2.05) is 24.3 Å². The number of hydrogen-bond acceptors (Lipinski definition) is 4. The Balaban J connectivity index is 1.94. The highest BCUT2D eigenvalue weighted by Crippen LogP contribution is 2.40. The number of hydrogen-bond donors (Lipinski definition) is 3. The molecule has 4 nitrogen and oxygen atoms in total. The molecule has 26 heavy (non-hydrogen) atoms. The van der Waals surface area contributed by atoms with Gasteiger partial charge in [-0.05, 0) is 48.6 Å². The SMILES string of the molecule is CC(C)SNCC(C)C1CCCC(O)(c2ccc(CC(=O)O)cc2)CC1. The van der Waals surface area contributed by atoms with Gasteiger partial charge in [0.2, 0.25) is 0 Å². The Bertz CT molecular complexity index is 575. The maximum absolute atomic E-state index is 11.2. The lowest BCUT2D eigenvalue weighted by atomic mass is 9.84.